The number of alkyl halides is 5. The molecule has 0 aliphatic carbocycles. The molecule has 2 heterocycles. The van der Waals surface area contributed by atoms with E-state index in [1.54, 1.807) is 0 Å². The van der Waals surface area contributed by atoms with E-state index in [9.17, 15) is 23.2 Å². The Morgan fingerprint density at radius 3 is 2.41 bits per heavy atom. The molecule has 9 nitrogen and oxygen atoms in total. The fourth-order valence-electron chi connectivity index (χ4n) is 4.18. The topological polar surface area (TPSA) is 127 Å². The highest BCUT2D eigenvalue weighted by molar-refractivity contribution is 5.68. The van der Waals surface area contributed by atoms with Gasteiger partial charge in [0.2, 0.25) is 5.89 Å². The van der Waals surface area contributed by atoms with Crippen molar-refractivity contribution in [3.05, 3.63) is 76.9 Å². The maximum atomic E-state index is 15.4. The first-order chi connectivity index (χ1) is 20.5. The first-order valence-electron chi connectivity index (χ1n) is 12.8. The number of nitriles is 1. The van der Waals surface area contributed by atoms with Gasteiger partial charge >= 0.3 is 6.18 Å². The summed E-state index contributed by atoms with van der Waals surface area (Å²) in [6, 6.07) is 5.30. The van der Waals surface area contributed by atoms with Crippen molar-refractivity contribution in [3.8, 4) is 23.2 Å². The Labute approximate surface area is 245 Å². The van der Waals surface area contributed by atoms with Crippen LogP contribution in [0.25, 0.3) is 17.1 Å². The van der Waals surface area contributed by atoms with Crippen LogP contribution in [0.3, 0.4) is 0 Å². The average Bonchev–Trinajstić information content (AvgIpc) is 3.65. The van der Waals surface area contributed by atoms with E-state index >= 15 is 17.6 Å². The Morgan fingerprint density at radius 2 is 1.82 bits per heavy atom. The third kappa shape index (κ3) is 6.57. The first-order valence-corrected chi connectivity index (χ1v) is 12.8. The van der Waals surface area contributed by atoms with E-state index in [1.807, 2.05) is 6.07 Å². The third-order valence-electron chi connectivity index (χ3n) is 6.65. The summed E-state index contributed by atoms with van der Waals surface area (Å²) in [5.41, 5.74) is 1.49. The number of aromatic nitrogens is 4. The van der Waals surface area contributed by atoms with Crippen molar-refractivity contribution in [2.24, 2.45) is 5.73 Å². The largest absolute Gasteiger partial charge is 0.419 e. The van der Waals surface area contributed by atoms with Gasteiger partial charge in [-0.1, -0.05) is 6.07 Å². The summed E-state index contributed by atoms with van der Waals surface area (Å²) in [5.74, 6) is -6.47. The van der Waals surface area contributed by atoms with Gasteiger partial charge in [-0.2, -0.15) is 23.5 Å². The number of anilines is 1. The van der Waals surface area contributed by atoms with Crippen LogP contribution in [-0.4, -0.2) is 39.4 Å². The van der Waals surface area contributed by atoms with Crippen LogP contribution < -0.4 is 10.6 Å². The third-order valence-corrected chi connectivity index (χ3v) is 6.65. The van der Waals surface area contributed by atoms with Crippen LogP contribution >= 0.6 is 0 Å². The molecule has 0 amide bonds. The highest BCUT2D eigenvalue weighted by atomic mass is 19.4. The lowest BCUT2D eigenvalue weighted by Gasteiger charge is -2.28. The molecule has 16 heteroatoms. The molecule has 0 saturated carbocycles. The molecule has 2 N–H and O–H groups in total. The van der Waals surface area contributed by atoms with E-state index < -0.39 is 64.2 Å². The number of halogens is 7. The number of benzene rings is 2. The van der Waals surface area contributed by atoms with E-state index in [-0.39, 0.29) is 35.7 Å². The van der Waals surface area contributed by atoms with Gasteiger partial charge in [-0.3, -0.25) is 0 Å². The smallest absolute Gasteiger partial charge is 0.419 e. The van der Waals surface area contributed by atoms with E-state index in [2.05, 4.69) is 15.3 Å². The average molecular weight is 624 g/mol. The number of hydrogen-bond acceptors (Lipinski definition) is 8. The Morgan fingerprint density at radius 1 is 1.11 bits per heavy atom. The van der Waals surface area contributed by atoms with Gasteiger partial charge < -0.3 is 19.8 Å². The molecule has 2 aromatic heterocycles. The minimum Gasteiger partial charge on any atom is -0.419 e. The number of nitrogens with zero attached hydrogens (tertiary/aromatic N) is 6. The Hall–Kier alpha value is -4.78. The molecule has 2 aromatic carbocycles. The molecule has 4 rings (SSSR count). The van der Waals surface area contributed by atoms with Crippen LogP contribution in [0.4, 0.5) is 36.4 Å². The van der Waals surface area contributed by atoms with Gasteiger partial charge in [-0.05, 0) is 38.1 Å². The molecule has 0 spiro atoms. The van der Waals surface area contributed by atoms with Gasteiger partial charge in [-0.25, -0.2) is 22.2 Å². The lowest BCUT2D eigenvalue weighted by atomic mass is 9.96. The van der Waals surface area contributed by atoms with Gasteiger partial charge in [0.25, 0.3) is 11.8 Å². The normalized spacial score (nSPS) is 13.0. The van der Waals surface area contributed by atoms with Crippen LogP contribution in [0.15, 0.2) is 47.1 Å². The maximum absolute atomic E-state index is 15.4. The molecule has 0 aliphatic rings. The molecule has 1 unspecified atom stereocenters. The molecule has 0 bridgehead atoms. The number of carbonyl (C=O) groups excluding carboxylic acids is 1. The van der Waals surface area contributed by atoms with Crippen LogP contribution in [0.2, 0.25) is 0 Å². The zero-order valence-corrected chi connectivity index (χ0v) is 23.3. The number of aldehydes is 1. The summed E-state index contributed by atoms with van der Waals surface area (Å²) < 4.78 is 106. The summed E-state index contributed by atoms with van der Waals surface area (Å²) >= 11 is 0. The lowest BCUT2D eigenvalue weighted by molar-refractivity contribution is -0.137. The van der Waals surface area contributed by atoms with Crippen LogP contribution in [-0.2, 0) is 28.9 Å². The zero-order valence-electron chi connectivity index (χ0n) is 23.3. The fourth-order valence-corrected chi connectivity index (χ4v) is 4.18. The van der Waals surface area contributed by atoms with E-state index in [4.69, 9.17) is 10.2 Å². The van der Waals surface area contributed by atoms with E-state index in [0.29, 0.717) is 18.5 Å². The number of hydrogen-bond donors (Lipinski definition) is 1. The monoisotopic (exact) mass is 623 g/mol. The fraction of sp³-hybridized carbons (Fsp3) is 0.321. The Kier molecular flexibility index (Phi) is 8.56. The van der Waals surface area contributed by atoms with Gasteiger partial charge in [0.1, 0.15) is 23.3 Å². The highest BCUT2D eigenvalue weighted by Crippen LogP contribution is 2.42. The van der Waals surface area contributed by atoms with Gasteiger partial charge in [0.05, 0.1) is 35.1 Å². The van der Waals surface area contributed by atoms with Crippen molar-refractivity contribution in [2.75, 3.05) is 11.9 Å². The second-order valence-electron chi connectivity index (χ2n) is 10.5. The van der Waals surface area contributed by atoms with Crippen LogP contribution in [0.5, 0.6) is 0 Å². The predicted octanol–water partition coefficient (Wildman–Crippen LogP) is 5.66. The molecular formula is C28H24F7N7O2. The second kappa shape index (κ2) is 11.7. The molecule has 1 atom stereocenters. The summed E-state index contributed by atoms with van der Waals surface area (Å²) in [7, 11) is 1.31. The molecule has 0 radical (unpaired) electrons. The summed E-state index contributed by atoms with van der Waals surface area (Å²) in [6.07, 6.45) is -4.44. The van der Waals surface area contributed by atoms with Crippen molar-refractivity contribution in [3.63, 3.8) is 0 Å². The molecule has 0 saturated heterocycles. The Balaban J connectivity index is 1.74. The van der Waals surface area contributed by atoms with Gasteiger partial charge in [0, 0.05) is 43.0 Å². The van der Waals surface area contributed by atoms with Crippen molar-refractivity contribution < 1.29 is 39.9 Å². The van der Waals surface area contributed by atoms with Crippen LogP contribution in [0.1, 0.15) is 42.8 Å². The van der Waals surface area contributed by atoms with Crippen molar-refractivity contribution in [1.82, 2.24) is 20.0 Å². The van der Waals surface area contributed by atoms with Crippen molar-refractivity contribution in [1.29, 1.82) is 5.26 Å². The lowest BCUT2D eigenvalue weighted by Crippen LogP contribution is -2.32. The summed E-state index contributed by atoms with van der Waals surface area (Å²) in [4.78, 5) is 12.2. The van der Waals surface area contributed by atoms with Gasteiger partial charge in [0.15, 0.2) is 0 Å². The molecule has 0 fully saturated rings. The highest BCUT2D eigenvalue weighted by Gasteiger charge is 2.39. The van der Waals surface area contributed by atoms with E-state index in [0.717, 1.165) is 16.8 Å². The quantitative estimate of drug-likeness (QED) is 0.177. The zero-order chi connectivity index (χ0) is 32.6. The predicted molar refractivity (Wildman–Crippen MR) is 142 cm³/mol. The van der Waals surface area contributed by atoms with E-state index in [1.165, 1.54) is 37.9 Å². The number of rotatable bonds is 10. The minimum absolute atomic E-state index is 0.0314. The molecule has 44 heavy (non-hydrogen) atoms. The van der Waals surface area contributed by atoms with Crippen molar-refractivity contribution in [2.45, 2.75) is 50.4 Å². The maximum Gasteiger partial charge on any atom is 0.419 e. The van der Waals surface area contributed by atoms with Gasteiger partial charge in [-0.15, -0.1) is 10.2 Å². The Bertz CT molecular complexity index is 1720. The SMILES string of the molecule is CN(Cc1ccc(-n2cc(C(F)(F)F)cn2)cc1F)c1cc(-c2nnc(C(C)(C)C#N)o2)c(F)cc1C(F)(F)CC(N)C=O. The van der Waals surface area contributed by atoms with Crippen molar-refractivity contribution >= 4 is 12.0 Å². The minimum atomic E-state index is -4.66. The number of nitrogens with two attached hydrogens (primary N) is 1. The molecule has 232 valence electrons. The summed E-state index contributed by atoms with van der Waals surface area (Å²) in [5, 5.41) is 20.4. The molecule has 0 aliphatic heterocycles. The molecule has 4 aromatic rings. The summed E-state index contributed by atoms with van der Waals surface area (Å²) in [6.45, 7) is 2.58. The first kappa shape index (κ1) is 32.1. The second-order valence-corrected chi connectivity index (χ2v) is 10.5. The molecular weight excluding hydrogens is 599 g/mol. The number of carbonyl (C=O) groups is 1. The standard InChI is InChI=1S/C28H24F7N7O2/c1-26(2,14-36)25-40-39-24(44-25)19-7-23(20(8-22(19)30)27(31,32)9-17(37)13-43)41(3)11-15-4-5-18(6-21(15)29)42-12-16(10-38-42)28(33,34)35/h4-8,10,12-13,17H,9,11,37H2,1-3H3. The van der Waals surface area contributed by atoms with Crippen LogP contribution in [0, 0.1) is 23.0 Å².